The molecule has 1 aliphatic carbocycles. The van der Waals surface area contributed by atoms with Gasteiger partial charge < -0.3 is 9.67 Å². The quantitative estimate of drug-likeness (QED) is 0.892. The zero-order chi connectivity index (χ0) is 14.3. The van der Waals surface area contributed by atoms with Crippen LogP contribution in [0.3, 0.4) is 0 Å². The van der Waals surface area contributed by atoms with E-state index in [4.69, 9.17) is 0 Å². The number of aliphatic hydroxyl groups excluding tert-OH is 1. The summed E-state index contributed by atoms with van der Waals surface area (Å²) < 4.78 is 2.37. The van der Waals surface area contributed by atoms with E-state index in [1.807, 2.05) is 11.3 Å². The molecule has 2 aromatic rings. The van der Waals surface area contributed by atoms with E-state index in [0.717, 1.165) is 24.8 Å². The van der Waals surface area contributed by atoms with Crippen molar-refractivity contribution in [2.24, 2.45) is 5.41 Å². The standard InChI is InChI=1S/C17H23NOS/c1-12(9-13-5-4-8-20-13)18-7-6-14-15(18)10-17(2,3)11-16(14)19/h4-8,12,16,19H,9-11H2,1-3H3. The van der Waals surface area contributed by atoms with Crippen LogP contribution < -0.4 is 0 Å². The maximum atomic E-state index is 10.3. The van der Waals surface area contributed by atoms with Crippen LogP contribution in [0.5, 0.6) is 0 Å². The highest BCUT2D eigenvalue weighted by atomic mass is 32.1. The molecule has 2 nitrogen and oxygen atoms in total. The van der Waals surface area contributed by atoms with Gasteiger partial charge in [0.25, 0.3) is 0 Å². The molecular formula is C17H23NOS. The maximum absolute atomic E-state index is 10.3. The number of thiophene rings is 1. The third kappa shape index (κ3) is 2.57. The molecule has 3 heteroatoms. The van der Waals surface area contributed by atoms with Crippen molar-refractivity contribution < 1.29 is 5.11 Å². The molecule has 0 amide bonds. The first kappa shape index (κ1) is 13.9. The van der Waals surface area contributed by atoms with Crippen molar-refractivity contribution in [2.75, 3.05) is 0 Å². The van der Waals surface area contributed by atoms with Gasteiger partial charge in [-0.25, -0.2) is 0 Å². The van der Waals surface area contributed by atoms with Gasteiger partial charge in [-0.1, -0.05) is 19.9 Å². The molecule has 1 N–H and O–H groups in total. The van der Waals surface area contributed by atoms with E-state index in [1.54, 1.807) is 0 Å². The topological polar surface area (TPSA) is 25.2 Å². The highest BCUT2D eigenvalue weighted by molar-refractivity contribution is 7.09. The second-order valence-electron chi connectivity index (χ2n) is 6.82. The minimum absolute atomic E-state index is 0.186. The summed E-state index contributed by atoms with van der Waals surface area (Å²) in [4.78, 5) is 1.43. The summed E-state index contributed by atoms with van der Waals surface area (Å²) >= 11 is 1.82. The Kier molecular flexibility index (Phi) is 3.51. The molecule has 20 heavy (non-hydrogen) atoms. The lowest BCUT2D eigenvalue weighted by Crippen LogP contribution is -2.27. The highest BCUT2D eigenvalue weighted by Crippen LogP contribution is 2.42. The molecule has 2 aromatic heterocycles. The minimum atomic E-state index is -0.302. The van der Waals surface area contributed by atoms with Crippen LogP contribution in [0.4, 0.5) is 0 Å². The van der Waals surface area contributed by atoms with Gasteiger partial charge in [0, 0.05) is 34.8 Å². The lowest BCUT2D eigenvalue weighted by molar-refractivity contribution is 0.0975. The van der Waals surface area contributed by atoms with Gasteiger partial charge in [0.2, 0.25) is 0 Å². The van der Waals surface area contributed by atoms with E-state index >= 15 is 0 Å². The van der Waals surface area contributed by atoms with Crippen molar-refractivity contribution >= 4 is 11.3 Å². The molecular weight excluding hydrogens is 266 g/mol. The van der Waals surface area contributed by atoms with E-state index in [2.05, 4.69) is 55.1 Å². The van der Waals surface area contributed by atoms with E-state index in [-0.39, 0.29) is 11.5 Å². The van der Waals surface area contributed by atoms with E-state index < -0.39 is 0 Å². The highest BCUT2D eigenvalue weighted by Gasteiger charge is 2.33. The monoisotopic (exact) mass is 289 g/mol. The zero-order valence-electron chi connectivity index (χ0n) is 12.5. The molecule has 0 aliphatic heterocycles. The first-order chi connectivity index (χ1) is 9.46. The fraction of sp³-hybridized carbons (Fsp3) is 0.529. The summed E-state index contributed by atoms with van der Waals surface area (Å²) in [6.45, 7) is 6.77. The second-order valence-corrected chi connectivity index (χ2v) is 7.85. The smallest absolute Gasteiger partial charge is 0.0812 e. The Morgan fingerprint density at radius 3 is 2.95 bits per heavy atom. The molecule has 0 fully saturated rings. The van der Waals surface area contributed by atoms with Crippen LogP contribution >= 0.6 is 11.3 Å². The summed E-state index contributed by atoms with van der Waals surface area (Å²) in [5, 5.41) is 12.5. The van der Waals surface area contributed by atoms with E-state index in [1.165, 1.54) is 10.6 Å². The second kappa shape index (κ2) is 5.05. The van der Waals surface area contributed by atoms with Gasteiger partial charge in [-0.15, -0.1) is 11.3 Å². The van der Waals surface area contributed by atoms with Gasteiger partial charge >= 0.3 is 0 Å². The van der Waals surface area contributed by atoms with Crippen LogP contribution in [0.25, 0.3) is 0 Å². The molecule has 0 aromatic carbocycles. The average molecular weight is 289 g/mol. The molecule has 2 heterocycles. The fourth-order valence-corrected chi connectivity index (χ4v) is 4.21. The molecule has 3 rings (SSSR count). The minimum Gasteiger partial charge on any atom is -0.388 e. The van der Waals surface area contributed by atoms with Crippen molar-refractivity contribution in [3.8, 4) is 0 Å². The van der Waals surface area contributed by atoms with E-state index in [9.17, 15) is 5.11 Å². The number of hydrogen-bond acceptors (Lipinski definition) is 2. The molecule has 2 unspecified atom stereocenters. The summed E-state index contributed by atoms with van der Waals surface area (Å²) in [5.74, 6) is 0. The Morgan fingerprint density at radius 2 is 2.25 bits per heavy atom. The van der Waals surface area contributed by atoms with Crippen molar-refractivity contribution in [1.29, 1.82) is 0 Å². The first-order valence-electron chi connectivity index (χ1n) is 7.36. The van der Waals surface area contributed by atoms with Crippen LogP contribution in [-0.2, 0) is 12.8 Å². The van der Waals surface area contributed by atoms with Crippen molar-refractivity contribution in [3.63, 3.8) is 0 Å². The zero-order valence-corrected chi connectivity index (χ0v) is 13.3. The molecule has 0 radical (unpaired) electrons. The average Bonchev–Trinajstić information content (AvgIpc) is 2.96. The molecule has 2 atom stereocenters. The largest absolute Gasteiger partial charge is 0.388 e. The molecule has 1 aliphatic rings. The van der Waals surface area contributed by atoms with Crippen LogP contribution in [0.2, 0.25) is 0 Å². The third-order valence-electron chi connectivity index (χ3n) is 4.36. The Balaban J connectivity index is 1.88. The molecule has 108 valence electrons. The van der Waals surface area contributed by atoms with Gasteiger partial charge in [0.1, 0.15) is 0 Å². The number of aromatic nitrogens is 1. The lowest BCUT2D eigenvalue weighted by Gasteiger charge is -2.34. The van der Waals surface area contributed by atoms with Crippen LogP contribution in [0.15, 0.2) is 29.8 Å². The van der Waals surface area contributed by atoms with Crippen LogP contribution in [-0.4, -0.2) is 9.67 Å². The number of fused-ring (bicyclic) bond motifs is 1. The Morgan fingerprint density at radius 1 is 1.45 bits per heavy atom. The van der Waals surface area contributed by atoms with Crippen molar-refractivity contribution in [2.45, 2.75) is 52.2 Å². The summed E-state index contributed by atoms with van der Waals surface area (Å²) in [6.07, 6.45) is 4.84. The Hall–Kier alpha value is -1.06. The van der Waals surface area contributed by atoms with Gasteiger partial charge in [-0.3, -0.25) is 0 Å². The van der Waals surface area contributed by atoms with Crippen LogP contribution in [0.1, 0.15) is 55.5 Å². The maximum Gasteiger partial charge on any atom is 0.0812 e. The van der Waals surface area contributed by atoms with Gasteiger partial charge in [-0.05, 0) is 42.7 Å². The number of hydrogen-bond donors (Lipinski definition) is 1. The predicted molar refractivity (Wildman–Crippen MR) is 84.2 cm³/mol. The summed E-state index contributed by atoms with van der Waals surface area (Å²) in [7, 11) is 0. The lowest BCUT2D eigenvalue weighted by atomic mass is 9.75. The third-order valence-corrected chi connectivity index (χ3v) is 5.26. The number of rotatable bonds is 3. The predicted octanol–water partition coefficient (Wildman–Crippen LogP) is 4.36. The number of aliphatic hydroxyl groups is 1. The molecule has 0 bridgehead atoms. The Labute approximate surface area is 125 Å². The van der Waals surface area contributed by atoms with Gasteiger partial charge in [-0.2, -0.15) is 0 Å². The summed E-state index contributed by atoms with van der Waals surface area (Å²) in [5.41, 5.74) is 2.66. The fourth-order valence-electron chi connectivity index (χ4n) is 3.38. The SMILES string of the molecule is CC(Cc1cccs1)n1ccc2c1CC(C)(C)CC2O. The van der Waals surface area contributed by atoms with Crippen LogP contribution in [0, 0.1) is 5.41 Å². The molecule has 0 saturated carbocycles. The van der Waals surface area contributed by atoms with Crippen molar-refractivity contribution in [3.05, 3.63) is 45.9 Å². The molecule has 0 spiro atoms. The number of nitrogens with zero attached hydrogens (tertiary/aromatic N) is 1. The molecule has 0 saturated heterocycles. The Bertz CT molecular complexity index is 582. The normalized spacial score (nSPS) is 22.5. The first-order valence-corrected chi connectivity index (χ1v) is 8.24. The van der Waals surface area contributed by atoms with Crippen molar-refractivity contribution in [1.82, 2.24) is 4.57 Å². The van der Waals surface area contributed by atoms with E-state index in [0.29, 0.717) is 6.04 Å². The van der Waals surface area contributed by atoms with Gasteiger partial charge in [0.15, 0.2) is 0 Å². The van der Waals surface area contributed by atoms with Gasteiger partial charge in [0.05, 0.1) is 6.10 Å². The summed E-state index contributed by atoms with van der Waals surface area (Å²) in [6, 6.07) is 6.87.